The SMILES string of the molecule is CC(C)c1ccc(-n2cnnn2)cn1. The van der Waals surface area contributed by atoms with Crippen LogP contribution < -0.4 is 0 Å². The van der Waals surface area contributed by atoms with Gasteiger partial charge in [0.1, 0.15) is 6.33 Å². The summed E-state index contributed by atoms with van der Waals surface area (Å²) in [6.07, 6.45) is 3.32. The molecule has 0 aromatic carbocycles. The van der Waals surface area contributed by atoms with E-state index < -0.39 is 0 Å². The highest BCUT2D eigenvalue weighted by Gasteiger charge is 2.01. The van der Waals surface area contributed by atoms with Crippen LogP contribution in [0, 0.1) is 0 Å². The van der Waals surface area contributed by atoms with Gasteiger partial charge in [-0.1, -0.05) is 13.8 Å². The van der Waals surface area contributed by atoms with Crippen molar-refractivity contribution in [1.82, 2.24) is 25.2 Å². The highest BCUT2D eigenvalue weighted by Crippen LogP contribution is 2.12. The molecule has 0 atom stereocenters. The van der Waals surface area contributed by atoms with E-state index in [1.807, 2.05) is 12.1 Å². The van der Waals surface area contributed by atoms with Crippen LogP contribution in [0.3, 0.4) is 0 Å². The number of tetrazole rings is 1. The molecule has 0 spiro atoms. The van der Waals surface area contributed by atoms with Gasteiger partial charge in [0.05, 0.1) is 11.9 Å². The Kier molecular flexibility index (Phi) is 2.22. The van der Waals surface area contributed by atoms with Crippen LogP contribution >= 0.6 is 0 Å². The van der Waals surface area contributed by atoms with Gasteiger partial charge in [0.2, 0.25) is 0 Å². The molecule has 0 saturated heterocycles. The summed E-state index contributed by atoms with van der Waals surface area (Å²) in [5, 5.41) is 10.9. The first-order chi connectivity index (χ1) is 6.77. The summed E-state index contributed by atoms with van der Waals surface area (Å²) in [6.45, 7) is 4.22. The largest absolute Gasteiger partial charge is 0.259 e. The Labute approximate surface area is 81.8 Å². The van der Waals surface area contributed by atoms with Gasteiger partial charge in [-0.2, -0.15) is 4.68 Å². The summed E-state index contributed by atoms with van der Waals surface area (Å²) in [6, 6.07) is 3.94. The maximum absolute atomic E-state index is 4.32. The maximum Gasteiger partial charge on any atom is 0.143 e. The zero-order valence-electron chi connectivity index (χ0n) is 8.12. The van der Waals surface area contributed by atoms with Crippen molar-refractivity contribution in [1.29, 1.82) is 0 Å². The molecule has 0 saturated carbocycles. The van der Waals surface area contributed by atoms with Crippen LogP contribution in [0.15, 0.2) is 24.7 Å². The van der Waals surface area contributed by atoms with E-state index in [1.165, 1.54) is 0 Å². The standard InChI is InChI=1S/C9H11N5/c1-7(2)9-4-3-8(5-10-9)14-6-11-12-13-14/h3-7H,1-2H3. The van der Waals surface area contributed by atoms with Crippen LogP contribution in [0.2, 0.25) is 0 Å². The molecular formula is C9H11N5. The van der Waals surface area contributed by atoms with Gasteiger partial charge in [-0.05, 0) is 28.5 Å². The molecule has 0 bridgehead atoms. The quantitative estimate of drug-likeness (QED) is 0.711. The van der Waals surface area contributed by atoms with Gasteiger partial charge in [0.25, 0.3) is 0 Å². The van der Waals surface area contributed by atoms with E-state index in [0.29, 0.717) is 5.92 Å². The first-order valence-electron chi connectivity index (χ1n) is 4.46. The summed E-state index contributed by atoms with van der Waals surface area (Å²) in [7, 11) is 0. The second kappa shape index (κ2) is 3.53. The fraction of sp³-hybridized carbons (Fsp3) is 0.333. The maximum atomic E-state index is 4.32. The molecule has 2 aromatic rings. The van der Waals surface area contributed by atoms with E-state index in [9.17, 15) is 0 Å². The van der Waals surface area contributed by atoms with Gasteiger partial charge in [0.15, 0.2) is 0 Å². The molecule has 0 unspecified atom stereocenters. The zero-order valence-corrected chi connectivity index (χ0v) is 8.12. The van der Waals surface area contributed by atoms with Gasteiger partial charge >= 0.3 is 0 Å². The first-order valence-corrected chi connectivity index (χ1v) is 4.46. The molecule has 0 aliphatic rings. The summed E-state index contributed by atoms with van der Waals surface area (Å²) in [4.78, 5) is 4.32. The van der Waals surface area contributed by atoms with Crippen molar-refractivity contribution in [2.75, 3.05) is 0 Å². The minimum atomic E-state index is 0.443. The molecule has 2 heterocycles. The third-order valence-electron chi connectivity index (χ3n) is 1.98. The number of hydrogen-bond acceptors (Lipinski definition) is 4. The molecule has 72 valence electrons. The lowest BCUT2D eigenvalue weighted by atomic mass is 10.1. The molecule has 0 amide bonds. The normalized spacial score (nSPS) is 10.8. The smallest absolute Gasteiger partial charge is 0.143 e. The fourth-order valence-corrected chi connectivity index (χ4v) is 1.15. The van der Waals surface area contributed by atoms with Gasteiger partial charge in [-0.25, -0.2) is 0 Å². The van der Waals surface area contributed by atoms with E-state index in [2.05, 4.69) is 34.4 Å². The molecule has 0 radical (unpaired) electrons. The Morgan fingerprint density at radius 3 is 2.64 bits per heavy atom. The van der Waals surface area contributed by atoms with Gasteiger partial charge in [-0.15, -0.1) is 5.10 Å². The lowest BCUT2D eigenvalue weighted by molar-refractivity contribution is 0.776. The second-order valence-electron chi connectivity index (χ2n) is 3.35. The van der Waals surface area contributed by atoms with Crippen molar-refractivity contribution in [3.8, 4) is 5.69 Å². The lowest BCUT2D eigenvalue weighted by Crippen LogP contribution is -1.98. The van der Waals surface area contributed by atoms with E-state index in [-0.39, 0.29) is 0 Å². The van der Waals surface area contributed by atoms with Crippen molar-refractivity contribution >= 4 is 0 Å². The molecule has 0 N–H and O–H groups in total. The average molecular weight is 189 g/mol. The monoisotopic (exact) mass is 189 g/mol. The molecule has 14 heavy (non-hydrogen) atoms. The van der Waals surface area contributed by atoms with Crippen LogP contribution in [0.25, 0.3) is 5.69 Å². The van der Waals surface area contributed by atoms with Gasteiger partial charge < -0.3 is 0 Å². The van der Waals surface area contributed by atoms with Gasteiger partial charge in [0, 0.05) is 5.69 Å². The lowest BCUT2D eigenvalue weighted by Gasteiger charge is -2.04. The predicted octanol–water partition coefficient (Wildman–Crippen LogP) is 1.18. The zero-order chi connectivity index (χ0) is 9.97. The summed E-state index contributed by atoms with van der Waals surface area (Å²) < 4.78 is 1.58. The average Bonchev–Trinajstić information content (AvgIpc) is 2.71. The van der Waals surface area contributed by atoms with Crippen LogP contribution in [-0.2, 0) is 0 Å². The Morgan fingerprint density at radius 1 is 1.29 bits per heavy atom. The van der Waals surface area contributed by atoms with E-state index in [0.717, 1.165) is 11.4 Å². The Morgan fingerprint density at radius 2 is 2.14 bits per heavy atom. The molecule has 0 aliphatic heterocycles. The van der Waals surface area contributed by atoms with Crippen molar-refractivity contribution in [3.63, 3.8) is 0 Å². The minimum Gasteiger partial charge on any atom is -0.259 e. The van der Waals surface area contributed by atoms with Gasteiger partial charge in [-0.3, -0.25) is 4.98 Å². The van der Waals surface area contributed by atoms with Crippen molar-refractivity contribution in [3.05, 3.63) is 30.4 Å². The predicted molar refractivity (Wildman–Crippen MR) is 51.0 cm³/mol. The van der Waals surface area contributed by atoms with Crippen LogP contribution in [0.5, 0.6) is 0 Å². The fourth-order valence-electron chi connectivity index (χ4n) is 1.15. The van der Waals surface area contributed by atoms with Crippen LogP contribution in [0.4, 0.5) is 0 Å². The summed E-state index contributed by atoms with van der Waals surface area (Å²) >= 11 is 0. The van der Waals surface area contributed by atoms with Crippen LogP contribution in [-0.4, -0.2) is 25.2 Å². The number of aromatic nitrogens is 5. The third kappa shape index (κ3) is 1.61. The highest BCUT2D eigenvalue weighted by molar-refractivity contribution is 5.28. The van der Waals surface area contributed by atoms with Crippen LogP contribution in [0.1, 0.15) is 25.5 Å². The number of hydrogen-bond donors (Lipinski definition) is 0. The van der Waals surface area contributed by atoms with E-state index in [4.69, 9.17) is 0 Å². The summed E-state index contributed by atoms with van der Waals surface area (Å²) in [5.74, 6) is 0.443. The first kappa shape index (κ1) is 8.80. The molecule has 2 aromatic heterocycles. The Balaban J connectivity index is 2.31. The van der Waals surface area contributed by atoms with Crippen molar-refractivity contribution in [2.24, 2.45) is 0 Å². The third-order valence-corrected chi connectivity index (χ3v) is 1.98. The molecule has 0 aliphatic carbocycles. The van der Waals surface area contributed by atoms with Crippen molar-refractivity contribution < 1.29 is 0 Å². The molecular weight excluding hydrogens is 178 g/mol. The topological polar surface area (TPSA) is 56.5 Å². The molecule has 0 fully saturated rings. The molecule has 5 heteroatoms. The number of rotatable bonds is 2. The van der Waals surface area contributed by atoms with E-state index >= 15 is 0 Å². The molecule has 2 rings (SSSR count). The van der Waals surface area contributed by atoms with E-state index in [1.54, 1.807) is 17.2 Å². The Hall–Kier alpha value is -1.78. The Bertz CT molecular complexity index is 390. The minimum absolute atomic E-state index is 0.443. The molecule has 5 nitrogen and oxygen atoms in total. The van der Waals surface area contributed by atoms with Crippen molar-refractivity contribution in [2.45, 2.75) is 19.8 Å². The number of pyridine rings is 1. The summed E-state index contributed by atoms with van der Waals surface area (Å²) in [5.41, 5.74) is 1.95. The number of nitrogens with zero attached hydrogens (tertiary/aromatic N) is 5. The second-order valence-corrected chi connectivity index (χ2v) is 3.35. The highest BCUT2D eigenvalue weighted by atomic mass is 15.5.